The Morgan fingerprint density at radius 2 is 1.64 bits per heavy atom. The Morgan fingerprint density at radius 1 is 1.00 bits per heavy atom. The highest BCUT2D eigenvalue weighted by molar-refractivity contribution is 5.93. The minimum Gasteiger partial charge on any atom is -0.469 e. The summed E-state index contributed by atoms with van der Waals surface area (Å²) >= 11 is 0. The van der Waals surface area contributed by atoms with Crippen LogP contribution in [0, 0.1) is 68.0 Å². The first-order chi connectivity index (χ1) is 19.5. The monoisotopic (exact) mass is 579 g/mol. The fourth-order valence-corrected chi connectivity index (χ4v) is 11.4. The van der Waals surface area contributed by atoms with Gasteiger partial charge in [0.1, 0.15) is 0 Å². The van der Waals surface area contributed by atoms with E-state index in [9.17, 15) is 19.6 Å². The molecule has 42 heavy (non-hydrogen) atoms. The van der Waals surface area contributed by atoms with Crippen molar-refractivity contribution in [3.63, 3.8) is 0 Å². The number of imide groups is 1. The summed E-state index contributed by atoms with van der Waals surface area (Å²) in [5.41, 5.74) is 0.0825. The molecule has 0 unspecified atom stereocenters. The number of hydrogen-bond donors (Lipinski definition) is 0. The van der Waals surface area contributed by atoms with Crippen molar-refractivity contribution in [2.24, 2.45) is 61.8 Å². The zero-order valence-electron chi connectivity index (χ0n) is 27.5. The number of rotatable bonds is 6. The third-order valence-electron chi connectivity index (χ3n) is 13.4. The van der Waals surface area contributed by atoms with Gasteiger partial charge in [-0.1, -0.05) is 46.8 Å². The van der Waals surface area contributed by atoms with Crippen LogP contribution in [-0.2, 0) is 19.1 Å². The summed E-state index contributed by atoms with van der Waals surface area (Å²) in [7, 11) is 1.54. The van der Waals surface area contributed by atoms with Gasteiger partial charge in [-0.3, -0.25) is 14.4 Å². The van der Waals surface area contributed by atoms with Gasteiger partial charge in [0.05, 0.1) is 18.6 Å². The number of allylic oxidation sites excluding steroid dienone is 1. The van der Waals surface area contributed by atoms with E-state index >= 15 is 0 Å². The number of fused-ring (bicyclic) bond motifs is 5. The molecule has 7 heteroatoms. The summed E-state index contributed by atoms with van der Waals surface area (Å²) in [5, 5.41) is 15.5. The molecular formula is C35H53N3O4. The van der Waals surface area contributed by atoms with Crippen LogP contribution in [0.4, 0.5) is 0 Å². The van der Waals surface area contributed by atoms with Crippen molar-refractivity contribution in [3.8, 4) is 6.07 Å². The smallest absolute Gasteiger partial charge is 0.312 e. The molecule has 2 amide bonds. The molecule has 0 aromatic carbocycles. The fourth-order valence-electron chi connectivity index (χ4n) is 11.4. The lowest BCUT2D eigenvalue weighted by Crippen LogP contribution is -2.65. The molecule has 4 aliphatic rings. The molecule has 7 nitrogen and oxygen atoms in total. The highest BCUT2D eigenvalue weighted by Gasteiger charge is 2.71. The van der Waals surface area contributed by atoms with Crippen LogP contribution in [0.1, 0.15) is 113 Å². The number of nitrogens with zero attached hydrogens (tertiary/aromatic N) is 3. The number of ether oxygens (including phenoxy) is 1. The zero-order chi connectivity index (χ0) is 31.5. The van der Waals surface area contributed by atoms with Crippen LogP contribution in [0.15, 0.2) is 17.3 Å². The predicted molar refractivity (Wildman–Crippen MR) is 164 cm³/mol. The third kappa shape index (κ3) is 4.58. The third-order valence-corrected chi connectivity index (χ3v) is 13.4. The molecule has 0 heterocycles. The van der Waals surface area contributed by atoms with Crippen LogP contribution in [0.5, 0.6) is 0 Å². The van der Waals surface area contributed by atoms with E-state index in [1.165, 1.54) is 19.4 Å². The molecule has 0 spiro atoms. The molecule has 4 aliphatic carbocycles. The maximum absolute atomic E-state index is 13.5. The van der Waals surface area contributed by atoms with Crippen LogP contribution in [0.25, 0.3) is 0 Å². The Balaban J connectivity index is 1.75. The van der Waals surface area contributed by atoms with Crippen molar-refractivity contribution in [1.29, 1.82) is 5.26 Å². The van der Waals surface area contributed by atoms with Gasteiger partial charge in [0, 0.05) is 31.9 Å². The fraction of sp³-hybridized carbons (Fsp3) is 0.800. The molecule has 0 aromatic heterocycles. The van der Waals surface area contributed by atoms with Gasteiger partial charge in [-0.2, -0.15) is 15.4 Å². The van der Waals surface area contributed by atoms with Crippen molar-refractivity contribution < 1.29 is 19.1 Å². The SMILES string of the molecule is C=C(C)[C@@H]1CC[C@]2(C(=O)OC)CC[C@]3(C)[C@H](CC[C@@H]4[C@@](C)(CC#N)[C@H](C(C)(C)/C=N/N(C(C)=O)C(C)=O)CC[C@]43C)[C@@H]12. The van der Waals surface area contributed by atoms with Gasteiger partial charge in [-0.05, 0) is 104 Å². The van der Waals surface area contributed by atoms with Gasteiger partial charge < -0.3 is 4.74 Å². The van der Waals surface area contributed by atoms with Crippen molar-refractivity contribution in [2.75, 3.05) is 7.11 Å². The van der Waals surface area contributed by atoms with Gasteiger partial charge in [-0.15, -0.1) is 0 Å². The van der Waals surface area contributed by atoms with Gasteiger partial charge in [0.2, 0.25) is 11.8 Å². The number of carbonyl (C=O) groups is 3. The number of hydrazone groups is 1. The van der Waals surface area contributed by atoms with E-state index in [2.05, 4.69) is 59.3 Å². The summed E-state index contributed by atoms with van der Waals surface area (Å²) in [6.45, 7) is 20.8. The minimum atomic E-state index is -0.434. The van der Waals surface area contributed by atoms with E-state index in [1.807, 2.05) is 0 Å². The maximum Gasteiger partial charge on any atom is 0.312 e. The molecule has 0 radical (unpaired) electrons. The average molecular weight is 580 g/mol. The molecule has 4 fully saturated rings. The lowest BCUT2D eigenvalue weighted by atomic mass is 9.33. The van der Waals surface area contributed by atoms with Crippen molar-refractivity contribution in [3.05, 3.63) is 12.2 Å². The first-order valence-electron chi connectivity index (χ1n) is 15.9. The summed E-state index contributed by atoms with van der Waals surface area (Å²) in [5.74, 6) is 0.601. The molecule has 0 aliphatic heterocycles. The highest BCUT2D eigenvalue weighted by atomic mass is 16.5. The van der Waals surface area contributed by atoms with Crippen molar-refractivity contribution in [1.82, 2.24) is 5.01 Å². The quantitative estimate of drug-likeness (QED) is 0.142. The van der Waals surface area contributed by atoms with E-state index in [1.54, 1.807) is 13.3 Å². The standard InChI is InChI=1S/C35H53N3O4/c1-22(2)25-13-16-35(30(41)42-10)18-17-33(8)26(29(25)35)11-12-28-32(7,19-20-36)27(14-15-34(28,33)9)31(5,6)21-37-38(23(3)39)24(4)40/h21,25-29H,1,11-19H2,2-10H3/b37-21+/t25-,26+,27-,28+,29+,32-,33+,34+,35-/m0/s1. The van der Waals surface area contributed by atoms with Crippen LogP contribution in [0.3, 0.4) is 0 Å². The van der Waals surface area contributed by atoms with Gasteiger partial charge in [-0.25, -0.2) is 0 Å². The molecule has 0 saturated heterocycles. The topological polar surface area (TPSA) is 99.8 Å². The lowest BCUT2D eigenvalue weighted by Gasteiger charge is -2.71. The van der Waals surface area contributed by atoms with Crippen LogP contribution >= 0.6 is 0 Å². The number of methoxy groups -OCH3 is 1. The second-order valence-corrected chi connectivity index (χ2v) is 15.6. The summed E-state index contributed by atoms with van der Waals surface area (Å²) in [6, 6.07) is 2.57. The average Bonchev–Trinajstić information content (AvgIpc) is 3.29. The summed E-state index contributed by atoms with van der Waals surface area (Å²) in [4.78, 5) is 37.6. The number of carbonyl (C=O) groups excluding carboxylic acids is 3. The number of amides is 2. The molecule has 4 saturated carbocycles. The second kappa shape index (κ2) is 10.9. The molecule has 232 valence electrons. The largest absolute Gasteiger partial charge is 0.469 e. The number of esters is 1. The molecule has 0 aromatic rings. The number of hydrogen-bond acceptors (Lipinski definition) is 6. The molecular weight excluding hydrogens is 526 g/mol. The van der Waals surface area contributed by atoms with E-state index in [0.29, 0.717) is 24.2 Å². The van der Waals surface area contributed by atoms with Crippen molar-refractivity contribution >= 4 is 24.0 Å². The first kappa shape index (κ1) is 32.4. The Bertz CT molecular complexity index is 1200. The summed E-state index contributed by atoms with van der Waals surface area (Å²) in [6.07, 6.45) is 9.97. The lowest BCUT2D eigenvalue weighted by molar-refractivity contribution is -0.226. The molecule has 4 rings (SSSR count). The van der Waals surface area contributed by atoms with Crippen LogP contribution in [-0.4, -0.2) is 36.1 Å². The van der Waals surface area contributed by atoms with E-state index in [0.717, 1.165) is 56.4 Å². The minimum absolute atomic E-state index is 0.000534. The van der Waals surface area contributed by atoms with Crippen molar-refractivity contribution in [2.45, 2.75) is 113 Å². The van der Waals surface area contributed by atoms with Crippen LogP contribution in [0.2, 0.25) is 0 Å². The van der Waals surface area contributed by atoms with E-state index in [4.69, 9.17) is 4.74 Å². The Labute approximate surface area is 253 Å². The summed E-state index contributed by atoms with van der Waals surface area (Å²) < 4.78 is 5.49. The Morgan fingerprint density at radius 3 is 2.19 bits per heavy atom. The molecule has 0 N–H and O–H groups in total. The Hall–Kier alpha value is -2.49. The number of nitriles is 1. The van der Waals surface area contributed by atoms with E-state index < -0.39 is 22.6 Å². The maximum atomic E-state index is 13.5. The Kier molecular flexibility index (Phi) is 8.41. The molecule has 9 atom stereocenters. The predicted octanol–water partition coefficient (Wildman–Crippen LogP) is 7.32. The van der Waals surface area contributed by atoms with Gasteiger partial charge >= 0.3 is 5.97 Å². The van der Waals surface area contributed by atoms with Crippen LogP contribution < -0.4 is 0 Å². The first-order valence-corrected chi connectivity index (χ1v) is 15.9. The molecule has 0 bridgehead atoms. The highest BCUT2D eigenvalue weighted by Crippen LogP contribution is 2.76. The second-order valence-electron chi connectivity index (χ2n) is 15.6. The van der Waals surface area contributed by atoms with Gasteiger partial charge in [0.15, 0.2) is 0 Å². The van der Waals surface area contributed by atoms with Gasteiger partial charge in [0.25, 0.3) is 0 Å². The zero-order valence-corrected chi connectivity index (χ0v) is 27.5. The normalized spacial score (nSPS) is 41.2. The van der Waals surface area contributed by atoms with E-state index in [-0.39, 0.29) is 34.1 Å².